The predicted molar refractivity (Wildman–Crippen MR) is 110 cm³/mol. The van der Waals surface area contributed by atoms with Gasteiger partial charge in [0.15, 0.2) is 0 Å². The van der Waals surface area contributed by atoms with Gasteiger partial charge in [0.2, 0.25) is 0 Å². The van der Waals surface area contributed by atoms with E-state index in [0.29, 0.717) is 6.10 Å². The lowest BCUT2D eigenvalue weighted by molar-refractivity contribution is 0.185. The van der Waals surface area contributed by atoms with Gasteiger partial charge in [0, 0.05) is 0 Å². The fourth-order valence-electron chi connectivity index (χ4n) is 2.81. The van der Waals surface area contributed by atoms with E-state index >= 15 is 0 Å². The van der Waals surface area contributed by atoms with Gasteiger partial charge in [-0.05, 0) is 56.2 Å². The van der Waals surface area contributed by atoms with Crippen LogP contribution < -0.4 is 0 Å². The summed E-state index contributed by atoms with van der Waals surface area (Å²) >= 11 is 0. The number of aliphatic hydroxyl groups excluding tert-OH is 1. The van der Waals surface area contributed by atoms with Crippen LogP contribution in [0.25, 0.3) is 0 Å². The standard InChI is InChI=1S/C18H22O.C6H12O/c1-14-3-6-17(7-4-14)13-18-11-9-16(10-12-18)8-5-15(2)19;1-2-3-4-6-5-7-6/h3-4,6-7,9-12,15,19H,5,8,13H2,1-2H3;6H,2-5H2,1H3. The Kier molecular flexibility index (Phi) is 8.87. The zero-order chi connectivity index (χ0) is 18.8. The van der Waals surface area contributed by atoms with Crippen molar-refractivity contribution in [3.05, 3.63) is 70.8 Å². The van der Waals surface area contributed by atoms with Crippen molar-refractivity contribution in [3.63, 3.8) is 0 Å². The maximum Gasteiger partial charge on any atom is 0.0810 e. The minimum Gasteiger partial charge on any atom is -0.393 e. The second-order valence-corrected chi connectivity index (χ2v) is 7.46. The van der Waals surface area contributed by atoms with Crippen LogP contribution in [0.2, 0.25) is 0 Å². The van der Waals surface area contributed by atoms with Crippen molar-refractivity contribution in [1.82, 2.24) is 0 Å². The van der Waals surface area contributed by atoms with Gasteiger partial charge in [0.05, 0.1) is 18.8 Å². The molecule has 2 nitrogen and oxygen atoms in total. The molecule has 26 heavy (non-hydrogen) atoms. The fraction of sp³-hybridized carbons (Fsp3) is 0.500. The van der Waals surface area contributed by atoms with Gasteiger partial charge in [-0.3, -0.25) is 0 Å². The van der Waals surface area contributed by atoms with Gasteiger partial charge < -0.3 is 9.84 Å². The molecule has 3 rings (SSSR count). The van der Waals surface area contributed by atoms with Crippen molar-refractivity contribution < 1.29 is 9.84 Å². The first-order valence-electron chi connectivity index (χ1n) is 10.00. The van der Waals surface area contributed by atoms with Gasteiger partial charge >= 0.3 is 0 Å². The zero-order valence-electron chi connectivity index (χ0n) is 16.6. The Hall–Kier alpha value is -1.64. The molecule has 142 valence electrons. The number of aryl methyl sites for hydroxylation is 2. The van der Waals surface area contributed by atoms with E-state index in [9.17, 15) is 5.11 Å². The Balaban J connectivity index is 0.000000290. The highest BCUT2D eigenvalue weighted by molar-refractivity contribution is 5.30. The number of hydrogen-bond donors (Lipinski definition) is 1. The van der Waals surface area contributed by atoms with Gasteiger partial charge in [0.1, 0.15) is 0 Å². The molecular weight excluding hydrogens is 320 g/mol. The summed E-state index contributed by atoms with van der Waals surface area (Å²) in [6.45, 7) is 7.19. The smallest absolute Gasteiger partial charge is 0.0810 e. The minimum absolute atomic E-state index is 0.216. The van der Waals surface area contributed by atoms with Crippen LogP contribution in [0.3, 0.4) is 0 Å². The first kappa shape index (κ1) is 20.7. The quantitative estimate of drug-likeness (QED) is 0.637. The third-order valence-corrected chi connectivity index (χ3v) is 4.68. The van der Waals surface area contributed by atoms with Crippen LogP contribution in [0, 0.1) is 6.92 Å². The Morgan fingerprint density at radius 2 is 1.54 bits per heavy atom. The highest BCUT2D eigenvalue weighted by atomic mass is 16.6. The molecule has 0 radical (unpaired) electrons. The third kappa shape index (κ3) is 8.64. The molecule has 0 aromatic heterocycles. The van der Waals surface area contributed by atoms with Crippen LogP contribution in [-0.2, 0) is 17.6 Å². The van der Waals surface area contributed by atoms with Crippen LogP contribution in [0.15, 0.2) is 48.5 Å². The Morgan fingerprint density at radius 3 is 2.04 bits per heavy atom. The minimum atomic E-state index is -0.216. The molecule has 1 aliphatic heterocycles. The van der Waals surface area contributed by atoms with E-state index < -0.39 is 0 Å². The monoisotopic (exact) mass is 354 g/mol. The average molecular weight is 355 g/mol. The second-order valence-electron chi connectivity index (χ2n) is 7.46. The van der Waals surface area contributed by atoms with Gasteiger partial charge in [-0.1, -0.05) is 73.9 Å². The van der Waals surface area contributed by atoms with Gasteiger partial charge in [-0.15, -0.1) is 0 Å². The van der Waals surface area contributed by atoms with Gasteiger partial charge in [-0.25, -0.2) is 0 Å². The van der Waals surface area contributed by atoms with Crippen LogP contribution in [-0.4, -0.2) is 23.9 Å². The molecule has 2 aromatic rings. The third-order valence-electron chi connectivity index (χ3n) is 4.68. The van der Waals surface area contributed by atoms with Gasteiger partial charge in [0.25, 0.3) is 0 Å². The zero-order valence-corrected chi connectivity index (χ0v) is 16.6. The largest absolute Gasteiger partial charge is 0.393 e. The van der Waals surface area contributed by atoms with E-state index in [4.69, 9.17) is 4.74 Å². The normalized spacial score (nSPS) is 16.5. The molecule has 2 heteroatoms. The molecule has 1 saturated heterocycles. The van der Waals surface area contributed by atoms with Gasteiger partial charge in [-0.2, -0.15) is 0 Å². The summed E-state index contributed by atoms with van der Waals surface area (Å²) < 4.78 is 5.01. The van der Waals surface area contributed by atoms with Crippen molar-refractivity contribution in [3.8, 4) is 0 Å². The van der Waals surface area contributed by atoms with E-state index in [-0.39, 0.29) is 6.10 Å². The number of hydrogen-bond acceptors (Lipinski definition) is 2. The topological polar surface area (TPSA) is 32.8 Å². The van der Waals surface area contributed by atoms with Crippen molar-refractivity contribution in [2.24, 2.45) is 0 Å². The summed E-state index contributed by atoms with van der Waals surface area (Å²) in [5.41, 5.74) is 5.29. The van der Waals surface area contributed by atoms with Crippen LogP contribution in [0.4, 0.5) is 0 Å². The first-order valence-corrected chi connectivity index (χ1v) is 10.00. The lowest BCUT2D eigenvalue weighted by atomic mass is 10.0. The molecule has 0 saturated carbocycles. The summed E-state index contributed by atoms with van der Waals surface area (Å²) in [6, 6.07) is 17.4. The molecular formula is C24H34O2. The molecule has 0 spiro atoms. The lowest BCUT2D eigenvalue weighted by Crippen LogP contribution is -2.01. The highest BCUT2D eigenvalue weighted by Crippen LogP contribution is 2.16. The summed E-state index contributed by atoms with van der Waals surface area (Å²) in [5.74, 6) is 0. The number of benzene rings is 2. The number of unbranched alkanes of at least 4 members (excludes halogenated alkanes) is 1. The van der Waals surface area contributed by atoms with Crippen LogP contribution in [0.5, 0.6) is 0 Å². The average Bonchev–Trinajstić information content (AvgIpc) is 3.46. The molecule has 2 aromatic carbocycles. The Labute approximate surface area is 159 Å². The molecule has 0 aliphatic carbocycles. The number of rotatable bonds is 8. The second kappa shape index (κ2) is 11.2. The van der Waals surface area contributed by atoms with E-state index in [1.165, 1.54) is 41.5 Å². The molecule has 1 heterocycles. The number of epoxide rings is 1. The molecule has 0 bridgehead atoms. The number of aliphatic hydroxyl groups is 1. The molecule has 0 amide bonds. The molecule has 2 unspecified atom stereocenters. The fourth-order valence-corrected chi connectivity index (χ4v) is 2.81. The van der Waals surface area contributed by atoms with Crippen molar-refractivity contribution >= 4 is 0 Å². The first-order chi connectivity index (χ1) is 12.6. The van der Waals surface area contributed by atoms with Crippen molar-refractivity contribution in [2.75, 3.05) is 6.61 Å². The molecule has 2 atom stereocenters. The SMILES string of the molecule is CCCCC1CO1.Cc1ccc(Cc2ccc(CCC(C)O)cc2)cc1. The molecule has 1 aliphatic rings. The van der Waals surface area contributed by atoms with Crippen molar-refractivity contribution in [2.45, 2.75) is 71.5 Å². The summed E-state index contributed by atoms with van der Waals surface area (Å²) in [7, 11) is 0. The highest BCUT2D eigenvalue weighted by Gasteiger charge is 2.20. The van der Waals surface area contributed by atoms with E-state index in [2.05, 4.69) is 62.4 Å². The summed E-state index contributed by atoms with van der Waals surface area (Å²) in [5, 5.41) is 9.29. The molecule has 1 fully saturated rings. The maximum absolute atomic E-state index is 9.29. The number of ether oxygens (including phenoxy) is 1. The summed E-state index contributed by atoms with van der Waals surface area (Å²) in [4.78, 5) is 0. The van der Waals surface area contributed by atoms with Crippen LogP contribution >= 0.6 is 0 Å². The van der Waals surface area contributed by atoms with E-state index in [0.717, 1.165) is 25.9 Å². The Morgan fingerprint density at radius 1 is 1.00 bits per heavy atom. The lowest BCUT2D eigenvalue weighted by Gasteiger charge is -2.06. The maximum atomic E-state index is 9.29. The Bertz CT molecular complexity index is 610. The van der Waals surface area contributed by atoms with Crippen LogP contribution in [0.1, 0.15) is 61.8 Å². The van der Waals surface area contributed by atoms with E-state index in [1.54, 1.807) is 0 Å². The molecule has 1 N–H and O–H groups in total. The van der Waals surface area contributed by atoms with Crippen molar-refractivity contribution in [1.29, 1.82) is 0 Å². The van der Waals surface area contributed by atoms with E-state index in [1.807, 2.05) is 6.92 Å². The predicted octanol–water partition coefficient (Wildman–Crippen LogP) is 5.47. The summed E-state index contributed by atoms with van der Waals surface area (Å²) in [6.07, 6.45) is 7.13.